The number of nitrogens with zero attached hydrogens (tertiary/aromatic N) is 4. The largest absolute Gasteiger partial charge is 0.497 e. The van der Waals surface area contributed by atoms with Crippen LogP contribution in [0.2, 0.25) is 0 Å². The predicted molar refractivity (Wildman–Crippen MR) is 64.2 cm³/mol. The Bertz CT molecular complexity index is 579. The van der Waals surface area contributed by atoms with E-state index in [2.05, 4.69) is 20.7 Å². The van der Waals surface area contributed by atoms with Crippen molar-refractivity contribution in [2.24, 2.45) is 7.05 Å². The van der Waals surface area contributed by atoms with Crippen molar-refractivity contribution in [1.29, 1.82) is 0 Å². The number of nitrogens with two attached hydrogens (primary N) is 1. The Labute approximate surface area is 103 Å². The summed E-state index contributed by atoms with van der Waals surface area (Å²) in [6.45, 7) is 0. The van der Waals surface area contributed by atoms with Crippen LogP contribution in [0.5, 0.6) is 5.75 Å². The molecule has 0 saturated carbocycles. The van der Waals surface area contributed by atoms with E-state index >= 15 is 0 Å². The Morgan fingerprint density at radius 2 is 2.28 bits per heavy atom. The number of aromatic nitrogens is 4. The number of carbonyl (C=O) groups is 1. The fourth-order valence-corrected chi connectivity index (χ4v) is 1.38. The Hall–Kier alpha value is -2.64. The maximum absolute atomic E-state index is 11.9. The van der Waals surface area contributed by atoms with E-state index in [9.17, 15) is 4.79 Å². The van der Waals surface area contributed by atoms with Crippen LogP contribution < -0.4 is 15.8 Å². The molecule has 0 spiro atoms. The zero-order valence-corrected chi connectivity index (χ0v) is 9.91. The lowest BCUT2D eigenvalue weighted by molar-refractivity contribution is 0.102. The summed E-state index contributed by atoms with van der Waals surface area (Å²) in [5.74, 6) is 0.308. The highest BCUT2D eigenvalue weighted by molar-refractivity contribution is 6.07. The summed E-state index contributed by atoms with van der Waals surface area (Å²) in [7, 11) is 3.13. The first-order chi connectivity index (χ1) is 8.60. The van der Waals surface area contributed by atoms with Crippen LogP contribution >= 0.6 is 0 Å². The number of tetrazole rings is 1. The van der Waals surface area contributed by atoms with Crippen LogP contribution in [0.1, 0.15) is 10.4 Å². The molecule has 0 saturated heterocycles. The minimum atomic E-state index is -0.400. The predicted octanol–water partition coefficient (Wildman–Crippen LogP) is 0.0532. The van der Waals surface area contributed by atoms with Gasteiger partial charge < -0.3 is 10.5 Å². The molecule has 0 bridgehead atoms. The highest BCUT2D eigenvalue weighted by Crippen LogP contribution is 2.20. The second-order valence-electron chi connectivity index (χ2n) is 3.51. The van der Waals surface area contributed by atoms with E-state index in [1.54, 1.807) is 25.2 Å². The van der Waals surface area contributed by atoms with Crippen LogP contribution in [-0.2, 0) is 7.05 Å². The van der Waals surface area contributed by atoms with E-state index in [1.807, 2.05) is 0 Å². The van der Waals surface area contributed by atoms with Crippen molar-refractivity contribution in [3.05, 3.63) is 23.8 Å². The zero-order chi connectivity index (χ0) is 13.1. The van der Waals surface area contributed by atoms with E-state index in [4.69, 9.17) is 10.5 Å². The fraction of sp³-hybridized carbons (Fsp3) is 0.200. The first kappa shape index (κ1) is 11.8. The van der Waals surface area contributed by atoms with Gasteiger partial charge in [0.25, 0.3) is 11.9 Å². The Morgan fingerprint density at radius 3 is 2.83 bits per heavy atom. The molecule has 8 heteroatoms. The summed E-state index contributed by atoms with van der Waals surface area (Å²) < 4.78 is 5.00. The molecule has 1 heterocycles. The number of nitrogen functional groups attached to an aromatic ring is 1. The number of amides is 1. The van der Waals surface area contributed by atoms with Gasteiger partial charge in [-0.25, -0.2) is 0 Å². The molecule has 0 aliphatic heterocycles. The molecule has 8 nitrogen and oxygen atoms in total. The van der Waals surface area contributed by atoms with Crippen molar-refractivity contribution in [3.8, 4) is 5.75 Å². The van der Waals surface area contributed by atoms with Gasteiger partial charge in [0.2, 0.25) is 0 Å². The number of hydrogen-bond acceptors (Lipinski definition) is 6. The second-order valence-corrected chi connectivity index (χ2v) is 3.51. The second kappa shape index (κ2) is 4.70. The lowest BCUT2D eigenvalue weighted by Gasteiger charge is -2.06. The van der Waals surface area contributed by atoms with E-state index in [0.29, 0.717) is 17.0 Å². The number of rotatable bonds is 3. The Kier molecular flexibility index (Phi) is 3.09. The van der Waals surface area contributed by atoms with Crippen molar-refractivity contribution in [2.45, 2.75) is 0 Å². The molecule has 0 aliphatic rings. The summed E-state index contributed by atoms with van der Waals surface area (Å²) in [5, 5.41) is 13.6. The molecule has 1 amide bonds. The molecule has 0 aliphatic carbocycles. The molecule has 1 aromatic carbocycles. The highest BCUT2D eigenvalue weighted by Gasteiger charge is 2.12. The lowest BCUT2D eigenvalue weighted by atomic mass is 10.1. The normalized spacial score (nSPS) is 10.1. The summed E-state index contributed by atoms with van der Waals surface area (Å²) in [4.78, 5) is 13.1. The van der Waals surface area contributed by atoms with E-state index < -0.39 is 5.91 Å². The van der Waals surface area contributed by atoms with Gasteiger partial charge in [-0.3, -0.25) is 10.1 Å². The van der Waals surface area contributed by atoms with E-state index in [0.717, 1.165) is 0 Å². The van der Waals surface area contributed by atoms with Crippen LogP contribution in [0, 0.1) is 0 Å². The summed E-state index contributed by atoms with van der Waals surface area (Å²) >= 11 is 0. The monoisotopic (exact) mass is 248 g/mol. The quantitative estimate of drug-likeness (QED) is 0.743. The molecular weight excluding hydrogens is 236 g/mol. The third-order valence-corrected chi connectivity index (χ3v) is 2.24. The molecule has 3 N–H and O–H groups in total. The molecule has 2 aromatic rings. The van der Waals surface area contributed by atoms with E-state index in [1.165, 1.54) is 11.9 Å². The van der Waals surface area contributed by atoms with Gasteiger partial charge in [0.15, 0.2) is 0 Å². The van der Waals surface area contributed by atoms with Crippen molar-refractivity contribution in [3.63, 3.8) is 0 Å². The SMILES string of the molecule is COc1ccc(C(=O)Nc2nnn(C)n2)c(N)c1. The van der Waals surface area contributed by atoms with Gasteiger partial charge in [-0.2, -0.15) is 4.80 Å². The topological polar surface area (TPSA) is 108 Å². The van der Waals surface area contributed by atoms with Crippen molar-refractivity contribution in [2.75, 3.05) is 18.2 Å². The van der Waals surface area contributed by atoms with Crippen LogP contribution in [0.3, 0.4) is 0 Å². The van der Waals surface area contributed by atoms with Crippen molar-refractivity contribution in [1.82, 2.24) is 20.2 Å². The van der Waals surface area contributed by atoms with Crippen LogP contribution in [0.25, 0.3) is 0 Å². The molecule has 0 fully saturated rings. The van der Waals surface area contributed by atoms with Gasteiger partial charge in [0.1, 0.15) is 5.75 Å². The van der Waals surface area contributed by atoms with Gasteiger partial charge in [-0.1, -0.05) is 5.10 Å². The molecular formula is C10H12N6O2. The van der Waals surface area contributed by atoms with Crippen LogP contribution in [0.15, 0.2) is 18.2 Å². The van der Waals surface area contributed by atoms with Gasteiger partial charge in [-0.15, -0.1) is 5.10 Å². The Balaban J connectivity index is 2.18. The van der Waals surface area contributed by atoms with Gasteiger partial charge >= 0.3 is 0 Å². The smallest absolute Gasteiger partial charge is 0.270 e. The minimum Gasteiger partial charge on any atom is -0.497 e. The fourth-order valence-electron chi connectivity index (χ4n) is 1.38. The van der Waals surface area contributed by atoms with Crippen LogP contribution in [0.4, 0.5) is 11.6 Å². The first-order valence-electron chi connectivity index (χ1n) is 5.09. The number of aryl methyl sites for hydroxylation is 1. The number of hydrogen-bond donors (Lipinski definition) is 2. The minimum absolute atomic E-state index is 0.123. The summed E-state index contributed by atoms with van der Waals surface area (Å²) in [6, 6.07) is 4.79. The highest BCUT2D eigenvalue weighted by atomic mass is 16.5. The average molecular weight is 248 g/mol. The van der Waals surface area contributed by atoms with Crippen LogP contribution in [-0.4, -0.2) is 33.2 Å². The number of nitrogens with one attached hydrogen (secondary N) is 1. The molecule has 94 valence electrons. The number of benzene rings is 1. The number of ether oxygens (including phenoxy) is 1. The molecule has 18 heavy (non-hydrogen) atoms. The number of carbonyl (C=O) groups excluding carboxylic acids is 1. The third-order valence-electron chi connectivity index (χ3n) is 2.24. The zero-order valence-electron chi connectivity index (χ0n) is 9.91. The Morgan fingerprint density at radius 1 is 1.50 bits per heavy atom. The molecule has 2 rings (SSSR count). The maximum Gasteiger partial charge on any atom is 0.270 e. The molecule has 0 unspecified atom stereocenters. The lowest BCUT2D eigenvalue weighted by Crippen LogP contribution is -2.15. The average Bonchev–Trinajstić information content (AvgIpc) is 2.74. The molecule has 0 atom stereocenters. The van der Waals surface area contributed by atoms with Crippen molar-refractivity contribution < 1.29 is 9.53 Å². The summed E-state index contributed by atoms with van der Waals surface area (Å²) in [5.41, 5.74) is 6.39. The molecule has 0 radical (unpaired) electrons. The summed E-state index contributed by atoms with van der Waals surface area (Å²) in [6.07, 6.45) is 0. The van der Waals surface area contributed by atoms with Gasteiger partial charge in [0, 0.05) is 11.8 Å². The van der Waals surface area contributed by atoms with Crippen molar-refractivity contribution >= 4 is 17.5 Å². The number of methoxy groups -OCH3 is 1. The third kappa shape index (κ3) is 2.37. The standard InChI is InChI=1S/C10H12N6O2/c1-16-14-10(13-15-16)12-9(17)7-4-3-6(18-2)5-8(7)11/h3-5H,11H2,1-2H3,(H,12,14,17). The molecule has 1 aromatic heterocycles. The number of anilines is 2. The van der Waals surface area contributed by atoms with Gasteiger partial charge in [0.05, 0.1) is 19.7 Å². The first-order valence-corrected chi connectivity index (χ1v) is 5.09. The van der Waals surface area contributed by atoms with E-state index in [-0.39, 0.29) is 5.95 Å². The van der Waals surface area contributed by atoms with Gasteiger partial charge in [-0.05, 0) is 17.3 Å². The maximum atomic E-state index is 11.9.